The van der Waals surface area contributed by atoms with Gasteiger partial charge in [0.25, 0.3) is 6.43 Å². The van der Waals surface area contributed by atoms with Gasteiger partial charge in [0.05, 0.1) is 11.6 Å². The van der Waals surface area contributed by atoms with Crippen LogP contribution < -0.4 is 5.73 Å². The molecule has 1 unspecified atom stereocenters. The van der Waals surface area contributed by atoms with Crippen molar-refractivity contribution in [3.63, 3.8) is 0 Å². The summed E-state index contributed by atoms with van der Waals surface area (Å²) in [5, 5.41) is 12.4. The Morgan fingerprint density at radius 1 is 1.42 bits per heavy atom. The molecule has 1 atom stereocenters. The maximum atomic E-state index is 12.6. The molecule has 98 valence electrons. The predicted molar refractivity (Wildman–Crippen MR) is 61.4 cm³/mol. The van der Waals surface area contributed by atoms with Crippen LogP contribution in [-0.4, -0.2) is 19.7 Å². The Kier molecular flexibility index (Phi) is 3.48. The van der Waals surface area contributed by atoms with Crippen LogP contribution in [0.4, 0.5) is 8.78 Å². The highest BCUT2D eigenvalue weighted by Crippen LogP contribution is 2.19. The zero-order valence-electron chi connectivity index (χ0n) is 9.96. The van der Waals surface area contributed by atoms with Gasteiger partial charge in [0.2, 0.25) is 5.82 Å². The maximum absolute atomic E-state index is 12.6. The average molecular weight is 264 g/mol. The van der Waals surface area contributed by atoms with Crippen molar-refractivity contribution in [2.75, 3.05) is 0 Å². The minimum Gasteiger partial charge on any atom is -0.322 e. The van der Waals surface area contributed by atoms with E-state index in [4.69, 9.17) is 11.0 Å². The highest BCUT2D eigenvalue weighted by molar-refractivity contribution is 5.32. The Morgan fingerprint density at radius 3 is 2.63 bits per heavy atom. The van der Waals surface area contributed by atoms with Crippen molar-refractivity contribution in [2.24, 2.45) is 5.73 Å². The molecule has 0 saturated carbocycles. The molecule has 0 aromatic carbocycles. The molecule has 0 radical (unpaired) electrons. The first-order chi connectivity index (χ1) is 9.02. The highest BCUT2D eigenvalue weighted by Gasteiger charge is 2.20. The Bertz CT molecular complexity index is 611. The van der Waals surface area contributed by atoms with Gasteiger partial charge < -0.3 is 5.73 Å². The lowest BCUT2D eigenvalue weighted by molar-refractivity contribution is 0.140. The normalized spacial score (nSPS) is 12.4. The Balaban J connectivity index is 2.50. The van der Waals surface area contributed by atoms with Crippen LogP contribution in [0.25, 0.3) is 5.82 Å². The van der Waals surface area contributed by atoms with E-state index in [1.54, 1.807) is 6.92 Å². The quantitative estimate of drug-likeness (QED) is 0.906. The van der Waals surface area contributed by atoms with Gasteiger partial charge in [0.1, 0.15) is 6.07 Å². The van der Waals surface area contributed by atoms with E-state index >= 15 is 0 Å². The van der Waals surface area contributed by atoms with Crippen LogP contribution >= 0.6 is 0 Å². The first kappa shape index (κ1) is 13.0. The first-order valence-electron chi connectivity index (χ1n) is 5.40. The monoisotopic (exact) mass is 264 g/mol. The molecule has 0 spiro atoms. The summed E-state index contributed by atoms with van der Waals surface area (Å²) in [4.78, 5) is 7.67. The average Bonchev–Trinajstić information content (AvgIpc) is 2.84. The summed E-state index contributed by atoms with van der Waals surface area (Å²) in [5.41, 5.74) is 6.03. The van der Waals surface area contributed by atoms with Crippen LogP contribution in [0, 0.1) is 11.3 Å². The smallest absolute Gasteiger partial charge is 0.299 e. The minimum absolute atomic E-state index is 0.188. The maximum Gasteiger partial charge on any atom is 0.299 e. The number of aromatic nitrogens is 4. The molecule has 2 N–H and O–H groups in total. The van der Waals surface area contributed by atoms with Crippen molar-refractivity contribution >= 4 is 0 Å². The molecule has 19 heavy (non-hydrogen) atoms. The third-order valence-electron chi connectivity index (χ3n) is 2.34. The molecule has 2 aromatic rings. The van der Waals surface area contributed by atoms with Gasteiger partial charge in [-0.15, -0.1) is 5.10 Å². The molecule has 6 nitrogen and oxygen atoms in total. The third kappa shape index (κ3) is 2.56. The lowest BCUT2D eigenvalue weighted by Gasteiger charge is -2.06. The highest BCUT2D eigenvalue weighted by atomic mass is 19.3. The molecule has 8 heteroatoms. The van der Waals surface area contributed by atoms with Gasteiger partial charge >= 0.3 is 0 Å². The number of hydrogen-bond donors (Lipinski definition) is 1. The number of rotatable bonds is 3. The summed E-state index contributed by atoms with van der Waals surface area (Å²) in [6.45, 7) is 1.61. The molecule has 0 aliphatic heterocycles. The van der Waals surface area contributed by atoms with E-state index in [-0.39, 0.29) is 11.6 Å². The lowest BCUT2D eigenvalue weighted by Crippen LogP contribution is -2.14. The summed E-state index contributed by atoms with van der Waals surface area (Å²) in [5.74, 6) is -0.128. The summed E-state index contributed by atoms with van der Waals surface area (Å²) in [7, 11) is 0. The zero-order valence-corrected chi connectivity index (χ0v) is 9.96. The molecular formula is C11H10F2N6. The minimum atomic E-state index is -2.78. The summed E-state index contributed by atoms with van der Waals surface area (Å²) < 4.78 is 26.4. The summed E-state index contributed by atoms with van der Waals surface area (Å²) in [6, 6.07) is 4.35. The zero-order chi connectivity index (χ0) is 14.0. The van der Waals surface area contributed by atoms with Crippen LogP contribution in [0.5, 0.6) is 0 Å². The molecule has 0 amide bonds. The van der Waals surface area contributed by atoms with Crippen molar-refractivity contribution in [1.82, 2.24) is 19.7 Å². The standard InChI is InChI=1S/C11H10F2N6/c1-6(15)11-17-10(9(12)13)18-19(11)8-3-2-7(4-14)5-16-8/h2-3,5-6,9H,15H2,1H3. The number of hydrogen-bond acceptors (Lipinski definition) is 5. The number of nitrogens with zero attached hydrogens (tertiary/aromatic N) is 5. The molecule has 0 saturated heterocycles. The molecular weight excluding hydrogens is 254 g/mol. The number of nitriles is 1. The fourth-order valence-corrected chi connectivity index (χ4v) is 1.47. The fourth-order valence-electron chi connectivity index (χ4n) is 1.47. The van der Waals surface area contributed by atoms with Crippen LogP contribution in [-0.2, 0) is 0 Å². The Hall–Kier alpha value is -2.40. The number of alkyl halides is 2. The lowest BCUT2D eigenvalue weighted by atomic mass is 10.3. The van der Waals surface area contributed by atoms with Crippen molar-refractivity contribution in [3.8, 4) is 11.9 Å². The Morgan fingerprint density at radius 2 is 2.16 bits per heavy atom. The molecule has 0 fully saturated rings. The van der Waals surface area contributed by atoms with E-state index in [9.17, 15) is 8.78 Å². The second kappa shape index (κ2) is 5.07. The molecule has 2 aromatic heterocycles. The van der Waals surface area contributed by atoms with Gasteiger partial charge in [-0.2, -0.15) is 9.94 Å². The van der Waals surface area contributed by atoms with Crippen molar-refractivity contribution in [1.29, 1.82) is 5.26 Å². The number of pyridine rings is 1. The summed E-state index contributed by atoms with van der Waals surface area (Å²) >= 11 is 0. The van der Waals surface area contributed by atoms with Crippen LogP contribution in [0.2, 0.25) is 0 Å². The van der Waals surface area contributed by atoms with Gasteiger partial charge in [-0.1, -0.05) is 0 Å². The van der Waals surface area contributed by atoms with Crippen molar-refractivity contribution < 1.29 is 8.78 Å². The first-order valence-corrected chi connectivity index (χ1v) is 5.40. The van der Waals surface area contributed by atoms with Gasteiger partial charge in [0.15, 0.2) is 11.6 Å². The van der Waals surface area contributed by atoms with E-state index in [1.807, 2.05) is 6.07 Å². The SMILES string of the molecule is CC(N)c1nc(C(F)F)nn1-c1ccc(C#N)cn1. The van der Waals surface area contributed by atoms with Crippen LogP contribution in [0.1, 0.15) is 36.6 Å². The molecule has 2 heterocycles. The van der Waals surface area contributed by atoms with Crippen LogP contribution in [0.15, 0.2) is 18.3 Å². The second-order valence-corrected chi connectivity index (χ2v) is 3.85. The topological polar surface area (TPSA) is 93.4 Å². The predicted octanol–water partition coefficient (Wildman–Crippen LogP) is 1.49. The number of nitrogens with two attached hydrogens (primary N) is 1. The molecule has 2 rings (SSSR count). The molecule has 0 bridgehead atoms. The number of halogens is 2. The largest absolute Gasteiger partial charge is 0.322 e. The van der Waals surface area contributed by atoms with E-state index < -0.39 is 18.3 Å². The molecule has 0 aliphatic carbocycles. The van der Waals surface area contributed by atoms with Gasteiger partial charge in [0, 0.05) is 6.20 Å². The Labute approximate surface area is 107 Å². The van der Waals surface area contributed by atoms with Gasteiger partial charge in [-0.3, -0.25) is 0 Å². The van der Waals surface area contributed by atoms with Crippen molar-refractivity contribution in [3.05, 3.63) is 35.5 Å². The van der Waals surface area contributed by atoms with E-state index in [0.29, 0.717) is 5.56 Å². The van der Waals surface area contributed by atoms with Gasteiger partial charge in [-0.25, -0.2) is 18.7 Å². The van der Waals surface area contributed by atoms with Crippen molar-refractivity contribution in [2.45, 2.75) is 19.4 Å². The van der Waals surface area contributed by atoms with Gasteiger partial charge in [-0.05, 0) is 19.1 Å². The van der Waals surface area contributed by atoms with E-state index in [1.165, 1.54) is 18.3 Å². The van der Waals surface area contributed by atoms with E-state index in [2.05, 4.69) is 15.1 Å². The second-order valence-electron chi connectivity index (χ2n) is 3.85. The van der Waals surface area contributed by atoms with Crippen LogP contribution in [0.3, 0.4) is 0 Å². The molecule has 0 aliphatic rings. The fraction of sp³-hybridized carbons (Fsp3) is 0.273. The van der Waals surface area contributed by atoms with E-state index in [0.717, 1.165) is 4.68 Å². The third-order valence-corrected chi connectivity index (χ3v) is 2.34. The summed E-state index contributed by atoms with van der Waals surface area (Å²) in [6.07, 6.45) is -1.46.